The number of amides is 2. The molecule has 2 amide bonds. The molecule has 0 aliphatic heterocycles. The molecular formula is C19H22ClN3O2. The van der Waals surface area contributed by atoms with Crippen molar-refractivity contribution in [2.75, 3.05) is 11.9 Å². The Hall–Kier alpha value is -2.40. The monoisotopic (exact) mass is 359 g/mol. The average molecular weight is 360 g/mol. The van der Waals surface area contributed by atoms with Crippen LogP contribution in [0.2, 0.25) is 5.02 Å². The number of aryl methyl sites for hydroxylation is 2. The Labute approximate surface area is 152 Å². The van der Waals surface area contributed by atoms with E-state index in [1.54, 1.807) is 12.1 Å². The molecule has 0 aliphatic carbocycles. The van der Waals surface area contributed by atoms with E-state index in [9.17, 15) is 9.59 Å². The Kier molecular flexibility index (Phi) is 6.53. The highest BCUT2D eigenvalue weighted by Gasteiger charge is 2.14. The summed E-state index contributed by atoms with van der Waals surface area (Å²) >= 11 is 6.22. The van der Waals surface area contributed by atoms with Gasteiger partial charge >= 0.3 is 0 Å². The summed E-state index contributed by atoms with van der Waals surface area (Å²) < 4.78 is 0. The molecule has 6 heteroatoms. The number of carbonyl (C=O) groups is 2. The maximum Gasteiger partial charge on any atom is 0.274 e. The van der Waals surface area contributed by atoms with Crippen LogP contribution in [0.3, 0.4) is 0 Å². The minimum Gasteiger partial charge on any atom is -0.352 e. The van der Waals surface area contributed by atoms with Crippen molar-refractivity contribution in [3.63, 3.8) is 0 Å². The summed E-state index contributed by atoms with van der Waals surface area (Å²) in [7, 11) is 0. The predicted octanol–water partition coefficient (Wildman–Crippen LogP) is 4.13. The number of aromatic nitrogens is 1. The topological polar surface area (TPSA) is 71.1 Å². The highest BCUT2D eigenvalue weighted by Crippen LogP contribution is 2.27. The maximum atomic E-state index is 12.5. The molecular weight excluding hydrogens is 338 g/mol. The average Bonchev–Trinajstić information content (AvgIpc) is 2.58. The Bertz CT molecular complexity index is 767. The van der Waals surface area contributed by atoms with E-state index < -0.39 is 5.91 Å². The lowest BCUT2D eigenvalue weighted by Crippen LogP contribution is -2.25. The van der Waals surface area contributed by atoms with Crippen LogP contribution in [0, 0.1) is 13.8 Å². The van der Waals surface area contributed by atoms with E-state index in [1.165, 1.54) is 12.3 Å². The number of halogens is 1. The van der Waals surface area contributed by atoms with Gasteiger partial charge in [-0.25, -0.2) is 0 Å². The van der Waals surface area contributed by atoms with Gasteiger partial charge in [-0.05, 0) is 49.6 Å². The Morgan fingerprint density at radius 2 is 1.92 bits per heavy atom. The summed E-state index contributed by atoms with van der Waals surface area (Å²) in [6.45, 7) is 6.47. The quantitative estimate of drug-likeness (QED) is 0.761. The standard InChI is InChI=1S/C19H22ClN3O2/c1-4-5-7-22-18(24)14-6-8-21-16(11-14)19(25)23-17-13(3)9-12(2)10-15(17)20/h6,8-11H,4-5,7H2,1-3H3,(H,22,24)(H,23,25). The van der Waals surface area contributed by atoms with Gasteiger partial charge in [-0.1, -0.05) is 31.0 Å². The summed E-state index contributed by atoms with van der Waals surface area (Å²) in [5.41, 5.74) is 3.01. The number of unbranched alkanes of at least 4 members (excludes halogenated alkanes) is 1. The lowest BCUT2D eigenvalue weighted by molar-refractivity contribution is 0.0953. The van der Waals surface area contributed by atoms with Crippen molar-refractivity contribution in [2.45, 2.75) is 33.6 Å². The zero-order valence-corrected chi connectivity index (χ0v) is 15.4. The molecule has 1 heterocycles. The van der Waals surface area contributed by atoms with Gasteiger partial charge in [-0.2, -0.15) is 0 Å². The summed E-state index contributed by atoms with van der Waals surface area (Å²) in [5, 5.41) is 6.07. The van der Waals surface area contributed by atoms with E-state index in [1.807, 2.05) is 19.9 Å². The number of benzene rings is 1. The van der Waals surface area contributed by atoms with Gasteiger partial charge in [0, 0.05) is 18.3 Å². The van der Waals surface area contributed by atoms with Gasteiger partial charge in [0.1, 0.15) is 5.69 Å². The van der Waals surface area contributed by atoms with E-state index in [2.05, 4.69) is 22.5 Å². The molecule has 0 bridgehead atoms. The number of hydrogen-bond donors (Lipinski definition) is 2. The minimum absolute atomic E-state index is 0.166. The number of anilines is 1. The molecule has 0 fully saturated rings. The van der Waals surface area contributed by atoms with Gasteiger partial charge in [0.25, 0.3) is 11.8 Å². The second-order valence-electron chi connectivity index (χ2n) is 5.93. The van der Waals surface area contributed by atoms with Gasteiger partial charge in [0.15, 0.2) is 0 Å². The van der Waals surface area contributed by atoms with E-state index in [4.69, 9.17) is 11.6 Å². The van der Waals surface area contributed by atoms with Crippen molar-refractivity contribution < 1.29 is 9.59 Å². The molecule has 1 aromatic carbocycles. The van der Waals surface area contributed by atoms with Crippen LogP contribution in [-0.2, 0) is 0 Å². The first-order chi connectivity index (χ1) is 11.9. The lowest BCUT2D eigenvalue weighted by Gasteiger charge is -2.11. The van der Waals surface area contributed by atoms with Crippen LogP contribution in [0.5, 0.6) is 0 Å². The van der Waals surface area contributed by atoms with E-state index in [0.29, 0.717) is 22.8 Å². The van der Waals surface area contributed by atoms with Crippen molar-refractivity contribution in [3.8, 4) is 0 Å². The molecule has 0 saturated heterocycles. The van der Waals surface area contributed by atoms with Crippen LogP contribution < -0.4 is 10.6 Å². The van der Waals surface area contributed by atoms with Gasteiger partial charge < -0.3 is 10.6 Å². The number of nitrogens with one attached hydrogen (secondary N) is 2. The third-order valence-electron chi connectivity index (χ3n) is 3.74. The Morgan fingerprint density at radius 3 is 2.60 bits per heavy atom. The lowest BCUT2D eigenvalue weighted by atomic mass is 10.1. The molecule has 2 rings (SSSR count). The number of nitrogens with zero attached hydrogens (tertiary/aromatic N) is 1. The third-order valence-corrected chi connectivity index (χ3v) is 4.04. The molecule has 5 nitrogen and oxygen atoms in total. The molecule has 0 atom stereocenters. The fourth-order valence-corrected chi connectivity index (χ4v) is 2.80. The van der Waals surface area contributed by atoms with E-state index in [0.717, 1.165) is 24.0 Å². The molecule has 132 valence electrons. The fraction of sp³-hybridized carbons (Fsp3) is 0.316. The zero-order valence-electron chi connectivity index (χ0n) is 14.6. The van der Waals surface area contributed by atoms with Crippen molar-refractivity contribution >= 4 is 29.1 Å². The Morgan fingerprint density at radius 1 is 1.16 bits per heavy atom. The molecule has 0 radical (unpaired) electrons. The molecule has 0 aliphatic rings. The molecule has 25 heavy (non-hydrogen) atoms. The minimum atomic E-state index is -0.405. The van der Waals surface area contributed by atoms with Crippen LogP contribution in [0.1, 0.15) is 51.7 Å². The second-order valence-corrected chi connectivity index (χ2v) is 6.34. The highest BCUT2D eigenvalue weighted by molar-refractivity contribution is 6.34. The first-order valence-corrected chi connectivity index (χ1v) is 8.62. The summed E-state index contributed by atoms with van der Waals surface area (Å²) in [6, 6.07) is 6.79. The molecule has 0 saturated carbocycles. The molecule has 2 aromatic rings. The molecule has 2 N–H and O–H groups in total. The number of rotatable bonds is 6. The molecule has 0 spiro atoms. The first kappa shape index (κ1) is 18.9. The third kappa shape index (κ3) is 5.03. The first-order valence-electron chi connectivity index (χ1n) is 8.24. The van der Waals surface area contributed by atoms with Crippen LogP contribution >= 0.6 is 11.6 Å². The number of hydrogen-bond acceptors (Lipinski definition) is 3. The number of carbonyl (C=O) groups excluding carboxylic acids is 2. The summed E-state index contributed by atoms with van der Waals surface area (Å²) in [5.74, 6) is -0.619. The molecule has 0 unspecified atom stereocenters. The van der Waals surface area contributed by atoms with Crippen LogP contribution in [0.4, 0.5) is 5.69 Å². The Balaban J connectivity index is 2.15. The molecule has 1 aromatic heterocycles. The van der Waals surface area contributed by atoms with Gasteiger partial charge in [-0.3, -0.25) is 14.6 Å². The fourth-order valence-electron chi connectivity index (χ4n) is 2.43. The smallest absolute Gasteiger partial charge is 0.274 e. The second kappa shape index (κ2) is 8.62. The SMILES string of the molecule is CCCCNC(=O)c1ccnc(C(=O)Nc2c(C)cc(C)cc2Cl)c1. The summed E-state index contributed by atoms with van der Waals surface area (Å²) in [6.07, 6.45) is 3.36. The number of pyridine rings is 1. The van der Waals surface area contributed by atoms with Crippen LogP contribution in [-0.4, -0.2) is 23.3 Å². The largest absolute Gasteiger partial charge is 0.352 e. The van der Waals surface area contributed by atoms with Crippen molar-refractivity contribution in [1.29, 1.82) is 0 Å². The highest BCUT2D eigenvalue weighted by atomic mass is 35.5. The van der Waals surface area contributed by atoms with Gasteiger partial charge in [0.05, 0.1) is 10.7 Å². The van der Waals surface area contributed by atoms with Crippen LogP contribution in [0.15, 0.2) is 30.5 Å². The van der Waals surface area contributed by atoms with Crippen LogP contribution in [0.25, 0.3) is 0 Å². The zero-order chi connectivity index (χ0) is 18.4. The van der Waals surface area contributed by atoms with E-state index in [-0.39, 0.29) is 11.6 Å². The summed E-state index contributed by atoms with van der Waals surface area (Å²) in [4.78, 5) is 28.6. The van der Waals surface area contributed by atoms with Gasteiger partial charge in [0.2, 0.25) is 0 Å². The van der Waals surface area contributed by atoms with Gasteiger partial charge in [-0.15, -0.1) is 0 Å². The van der Waals surface area contributed by atoms with Crippen molar-refractivity contribution in [1.82, 2.24) is 10.3 Å². The normalized spacial score (nSPS) is 10.4. The van der Waals surface area contributed by atoms with Crippen molar-refractivity contribution in [3.05, 3.63) is 57.9 Å². The van der Waals surface area contributed by atoms with E-state index >= 15 is 0 Å². The van der Waals surface area contributed by atoms with Crippen molar-refractivity contribution in [2.24, 2.45) is 0 Å². The maximum absolute atomic E-state index is 12.5. The predicted molar refractivity (Wildman–Crippen MR) is 100 cm³/mol.